The first-order valence-electron chi connectivity index (χ1n) is 11.0. The first kappa shape index (κ1) is 23.6. The van der Waals surface area contributed by atoms with Crippen LogP contribution in [-0.4, -0.2) is 12.4 Å². The van der Waals surface area contributed by atoms with E-state index in [0.717, 1.165) is 28.2 Å². The third kappa shape index (κ3) is 6.96. The summed E-state index contributed by atoms with van der Waals surface area (Å²) < 4.78 is 17.8. The van der Waals surface area contributed by atoms with Gasteiger partial charge in [-0.2, -0.15) is 0 Å². The number of benzene rings is 4. The second kappa shape index (κ2) is 12.1. The summed E-state index contributed by atoms with van der Waals surface area (Å²) in [6.07, 6.45) is 0. The Morgan fingerprint density at radius 1 is 0.588 bits per heavy atom. The van der Waals surface area contributed by atoms with Gasteiger partial charge in [-0.3, -0.25) is 4.79 Å². The molecule has 5 heteroatoms. The first-order chi connectivity index (χ1) is 16.7. The number of hydrogen-bond acceptors (Lipinski definition) is 4. The van der Waals surface area contributed by atoms with E-state index in [2.05, 4.69) is 15.9 Å². The molecule has 172 valence electrons. The lowest BCUT2D eigenvalue weighted by Crippen LogP contribution is -2.11. The van der Waals surface area contributed by atoms with Gasteiger partial charge in [0.25, 0.3) is 0 Å². The number of rotatable bonds is 11. The average molecular weight is 517 g/mol. The van der Waals surface area contributed by atoms with Crippen LogP contribution in [0.15, 0.2) is 103 Å². The maximum absolute atomic E-state index is 12.3. The summed E-state index contributed by atoms with van der Waals surface area (Å²) in [5.74, 6) is 2.06. The zero-order chi connectivity index (χ0) is 23.6. The van der Waals surface area contributed by atoms with Gasteiger partial charge in [0.1, 0.15) is 30.5 Å². The highest BCUT2D eigenvalue weighted by molar-refractivity contribution is 9.08. The summed E-state index contributed by atoms with van der Waals surface area (Å²) in [7, 11) is 0. The summed E-state index contributed by atoms with van der Waals surface area (Å²) >= 11 is 3.52. The molecule has 0 spiro atoms. The summed E-state index contributed by atoms with van der Waals surface area (Å²) in [6.45, 7) is 0.852. The molecular weight excluding hydrogens is 492 g/mol. The van der Waals surface area contributed by atoms with E-state index in [1.54, 1.807) is 12.1 Å². The molecule has 0 atom stereocenters. The Labute approximate surface area is 208 Å². The van der Waals surface area contributed by atoms with E-state index in [4.69, 9.17) is 14.2 Å². The predicted octanol–water partition coefficient (Wildman–Crippen LogP) is 7.00. The van der Waals surface area contributed by atoms with Gasteiger partial charge in [-0.1, -0.05) is 88.7 Å². The monoisotopic (exact) mass is 516 g/mol. The first-order valence-corrected chi connectivity index (χ1v) is 12.1. The Bertz CT molecular complexity index is 1210. The lowest BCUT2D eigenvalue weighted by atomic mass is 10.1. The van der Waals surface area contributed by atoms with Gasteiger partial charge in [-0.15, -0.1) is 0 Å². The number of hydrogen-bond donors (Lipinski definition) is 0. The molecule has 4 aromatic rings. The molecule has 0 saturated carbocycles. The topological polar surface area (TPSA) is 44.8 Å². The fourth-order valence-electron chi connectivity index (χ4n) is 3.36. The molecule has 0 aromatic heterocycles. The molecule has 0 radical (unpaired) electrons. The van der Waals surface area contributed by atoms with Crippen LogP contribution in [0.5, 0.6) is 17.2 Å². The predicted molar refractivity (Wildman–Crippen MR) is 137 cm³/mol. The van der Waals surface area contributed by atoms with Crippen LogP contribution in [0.25, 0.3) is 0 Å². The van der Waals surface area contributed by atoms with Crippen molar-refractivity contribution >= 4 is 21.7 Å². The molecule has 0 heterocycles. The number of ketones is 1. The molecular formula is C29H25BrO4. The Kier molecular flexibility index (Phi) is 8.36. The number of Topliss-reactive ketones (excluding diaryl/α,β-unsaturated/α-hetero) is 1. The van der Waals surface area contributed by atoms with Crippen LogP contribution in [0, 0.1) is 0 Å². The summed E-state index contributed by atoms with van der Waals surface area (Å²) in [5, 5.41) is 0.699. The lowest BCUT2D eigenvalue weighted by Gasteiger charge is -2.13. The third-order valence-electron chi connectivity index (χ3n) is 5.11. The van der Waals surface area contributed by atoms with Crippen molar-refractivity contribution in [2.45, 2.75) is 18.5 Å². The molecule has 0 unspecified atom stereocenters. The zero-order valence-electron chi connectivity index (χ0n) is 18.7. The smallest absolute Gasteiger partial charge is 0.200 e. The second-order valence-corrected chi connectivity index (χ2v) is 8.30. The normalized spacial score (nSPS) is 10.5. The molecule has 0 saturated heterocycles. The minimum atomic E-state index is -0.0585. The molecule has 0 aliphatic heterocycles. The molecule has 0 bridgehead atoms. The molecule has 0 fully saturated rings. The number of carbonyl (C=O) groups is 1. The highest BCUT2D eigenvalue weighted by Crippen LogP contribution is 2.26. The van der Waals surface area contributed by atoms with Crippen LogP contribution in [0.2, 0.25) is 0 Å². The van der Waals surface area contributed by atoms with Crippen molar-refractivity contribution in [1.82, 2.24) is 0 Å². The van der Waals surface area contributed by atoms with Crippen molar-refractivity contribution in [3.63, 3.8) is 0 Å². The number of ether oxygens (including phenoxy) is 3. The minimum Gasteiger partial charge on any atom is -0.489 e. The molecule has 0 aliphatic rings. The van der Waals surface area contributed by atoms with Crippen molar-refractivity contribution in [2.75, 3.05) is 6.61 Å². The Morgan fingerprint density at radius 2 is 1.18 bits per heavy atom. The second-order valence-electron chi connectivity index (χ2n) is 7.73. The summed E-state index contributed by atoms with van der Waals surface area (Å²) in [6, 6.07) is 32.7. The van der Waals surface area contributed by atoms with Gasteiger partial charge in [0, 0.05) is 17.0 Å². The number of halogens is 1. The van der Waals surface area contributed by atoms with Crippen LogP contribution >= 0.6 is 15.9 Å². The minimum absolute atomic E-state index is 0.0102. The fraction of sp³-hybridized carbons (Fsp3) is 0.138. The van der Waals surface area contributed by atoms with Gasteiger partial charge in [-0.05, 0) is 41.0 Å². The molecule has 4 nitrogen and oxygen atoms in total. The molecule has 4 rings (SSSR count). The van der Waals surface area contributed by atoms with E-state index >= 15 is 0 Å². The molecule has 34 heavy (non-hydrogen) atoms. The highest BCUT2D eigenvalue weighted by atomic mass is 79.9. The average Bonchev–Trinajstić information content (AvgIpc) is 2.90. The summed E-state index contributed by atoms with van der Waals surface area (Å²) in [4.78, 5) is 12.3. The van der Waals surface area contributed by atoms with Crippen molar-refractivity contribution in [3.05, 3.63) is 125 Å². The quantitative estimate of drug-likeness (QED) is 0.159. The van der Waals surface area contributed by atoms with Crippen LogP contribution in [0.1, 0.15) is 27.0 Å². The Hall–Kier alpha value is -3.57. The van der Waals surface area contributed by atoms with Gasteiger partial charge in [0.15, 0.2) is 12.4 Å². The van der Waals surface area contributed by atoms with Crippen LogP contribution < -0.4 is 14.2 Å². The standard InChI is InChI=1S/C29H25BrO4/c30-18-24-15-27(32-19-22-8-3-1-4-9-22)17-28(16-24)33-20-23-10-7-13-26(14-23)34-21-29(31)25-11-5-2-6-12-25/h1-17H,18-21H2. The van der Waals surface area contributed by atoms with Gasteiger partial charge in [-0.25, -0.2) is 0 Å². The third-order valence-corrected chi connectivity index (χ3v) is 5.76. The molecule has 0 amide bonds. The van der Waals surface area contributed by atoms with Crippen molar-refractivity contribution < 1.29 is 19.0 Å². The molecule has 4 aromatic carbocycles. The SMILES string of the molecule is O=C(COc1cccc(COc2cc(CBr)cc(OCc3ccccc3)c2)c1)c1ccccc1. The molecule has 0 aliphatic carbocycles. The largest absolute Gasteiger partial charge is 0.489 e. The Balaban J connectivity index is 1.35. The fourth-order valence-corrected chi connectivity index (χ4v) is 3.69. The van der Waals surface area contributed by atoms with E-state index in [9.17, 15) is 4.79 Å². The van der Waals surface area contributed by atoms with Crippen LogP contribution in [-0.2, 0) is 18.5 Å². The van der Waals surface area contributed by atoms with Gasteiger partial charge < -0.3 is 14.2 Å². The van der Waals surface area contributed by atoms with Gasteiger partial charge in [0.2, 0.25) is 0 Å². The summed E-state index contributed by atoms with van der Waals surface area (Å²) in [5.41, 5.74) is 3.76. The van der Waals surface area contributed by atoms with Crippen molar-refractivity contribution in [2.24, 2.45) is 0 Å². The maximum atomic E-state index is 12.3. The van der Waals surface area contributed by atoms with Crippen molar-refractivity contribution in [1.29, 1.82) is 0 Å². The van der Waals surface area contributed by atoms with Gasteiger partial charge >= 0.3 is 0 Å². The van der Waals surface area contributed by atoms with Crippen LogP contribution in [0.4, 0.5) is 0 Å². The highest BCUT2D eigenvalue weighted by Gasteiger charge is 2.08. The van der Waals surface area contributed by atoms with E-state index < -0.39 is 0 Å². The maximum Gasteiger partial charge on any atom is 0.200 e. The molecule has 0 N–H and O–H groups in total. The Morgan fingerprint density at radius 3 is 1.85 bits per heavy atom. The number of alkyl halides is 1. The van der Waals surface area contributed by atoms with E-state index in [0.29, 0.717) is 29.9 Å². The van der Waals surface area contributed by atoms with Crippen LogP contribution in [0.3, 0.4) is 0 Å². The van der Waals surface area contributed by atoms with Crippen molar-refractivity contribution in [3.8, 4) is 17.2 Å². The lowest BCUT2D eigenvalue weighted by molar-refractivity contribution is 0.0921. The zero-order valence-corrected chi connectivity index (χ0v) is 20.2. The van der Waals surface area contributed by atoms with E-state index in [1.165, 1.54) is 0 Å². The van der Waals surface area contributed by atoms with E-state index in [-0.39, 0.29) is 12.4 Å². The number of carbonyl (C=O) groups excluding carboxylic acids is 1. The van der Waals surface area contributed by atoms with Gasteiger partial charge in [0.05, 0.1) is 0 Å². The van der Waals surface area contributed by atoms with E-state index in [1.807, 2.05) is 91.0 Å².